The van der Waals surface area contributed by atoms with Gasteiger partial charge in [0.1, 0.15) is 5.82 Å². The molecular weight excluding hydrogens is 259 g/mol. The van der Waals surface area contributed by atoms with Crippen molar-refractivity contribution in [2.24, 2.45) is 5.73 Å². The van der Waals surface area contributed by atoms with Crippen molar-refractivity contribution in [3.63, 3.8) is 0 Å². The van der Waals surface area contributed by atoms with E-state index in [-0.39, 0.29) is 12.4 Å². The van der Waals surface area contributed by atoms with Gasteiger partial charge < -0.3 is 10.8 Å². The molecule has 0 bridgehead atoms. The molecule has 1 aromatic heterocycles. The molecule has 0 amide bonds. The molecule has 0 aliphatic rings. The summed E-state index contributed by atoms with van der Waals surface area (Å²) in [7, 11) is 0. The number of hydrogen-bond donors (Lipinski definition) is 3. The summed E-state index contributed by atoms with van der Waals surface area (Å²) in [6, 6.07) is 6.24. The van der Waals surface area contributed by atoms with Crippen LogP contribution in [0, 0.1) is 5.82 Å². The highest BCUT2D eigenvalue weighted by atomic mass is 19.1. The summed E-state index contributed by atoms with van der Waals surface area (Å²) in [4.78, 5) is 2.05. The Kier molecular flexibility index (Phi) is 5.23. The molecule has 0 atom stereocenters. The van der Waals surface area contributed by atoms with E-state index < -0.39 is 0 Å². The number of aliphatic hydroxyl groups is 1. The van der Waals surface area contributed by atoms with Crippen LogP contribution in [0.1, 0.15) is 5.56 Å². The molecule has 0 saturated heterocycles. The zero-order valence-electron chi connectivity index (χ0n) is 11.2. The first-order chi connectivity index (χ1) is 9.74. The normalized spacial score (nSPS) is 11.2. The van der Waals surface area contributed by atoms with Crippen molar-refractivity contribution < 1.29 is 9.50 Å². The standard InChI is InChI=1S/C14H19FN4O/c15-13-3-1-11(2-4-13)14-12(9-17-18-14)10-19(6-5-16)7-8-20/h1-4,9,20H,5-8,10,16H2,(H,17,18). The summed E-state index contributed by atoms with van der Waals surface area (Å²) in [5, 5.41) is 16.1. The molecule has 0 unspecified atom stereocenters. The molecule has 6 heteroatoms. The van der Waals surface area contributed by atoms with Crippen LogP contribution in [-0.2, 0) is 6.54 Å². The maximum atomic E-state index is 13.0. The van der Waals surface area contributed by atoms with Gasteiger partial charge in [-0.3, -0.25) is 10.00 Å². The number of aromatic amines is 1. The minimum Gasteiger partial charge on any atom is -0.395 e. The molecule has 4 N–H and O–H groups in total. The number of hydrogen-bond acceptors (Lipinski definition) is 4. The highest BCUT2D eigenvalue weighted by molar-refractivity contribution is 5.62. The number of benzene rings is 1. The average molecular weight is 278 g/mol. The lowest BCUT2D eigenvalue weighted by Crippen LogP contribution is -2.31. The second-order valence-electron chi connectivity index (χ2n) is 4.55. The van der Waals surface area contributed by atoms with Crippen LogP contribution in [0.3, 0.4) is 0 Å². The average Bonchev–Trinajstić information content (AvgIpc) is 2.88. The number of H-pyrrole nitrogens is 1. The number of aliphatic hydroxyl groups excluding tert-OH is 1. The topological polar surface area (TPSA) is 78.2 Å². The van der Waals surface area contributed by atoms with Gasteiger partial charge in [0.2, 0.25) is 0 Å². The number of aromatic nitrogens is 2. The molecule has 1 aromatic carbocycles. The molecule has 2 aromatic rings. The smallest absolute Gasteiger partial charge is 0.123 e. The van der Waals surface area contributed by atoms with Crippen molar-refractivity contribution in [2.75, 3.05) is 26.2 Å². The second-order valence-corrected chi connectivity index (χ2v) is 4.55. The van der Waals surface area contributed by atoms with Crippen molar-refractivity contribution in [1.29, 1.82) is 0 Å². The zero-order chi connectivity index (χ0) is 14.4. The van der Waals surface area contributed by atoms with Crippen molar-refractivity contribution in [1.82, 2.24) is 15.1 Å². The van der Waals surface area contributed by atoms with E-state index in [0.29, 0.717) is 26.2 Å². The molecule has 108 valence electrons. The Bertz CT molecular complexity index is 520. The fourth-order valence-electron chi connectivity index (χ4n) is 2.13. The van der Waals surface area contributed by atoms with Crippen LogP contribution in [0.15, 0.2) is 30.5 Å². The van der Waals surface area contributed by atoms with E-state index in [2.05, 4.69) is 15.1 Å². The summed E-state index contributed by atoms with van der Waals surface area (Å²) >= 11 is 0. The fourth-order valence-corrected chi connectivity index (χ4v) is 2.13. The number of rotatable bonds is 7. The quantitative estimate of drug-likeness (QED) is 0.705. The minimum absolute atomic E-state index is 0.0870. The maximum absolute atomic E-state index is 13.0. The Morgan fingerprint density at radius 1 is 1.25 bits per heavy atom. The van der Waals surface area contributed by atoms with Gasteiger partial charge in [0, 0.05) is 43.5 Å². The first-order valence-corrected chi connectivity index (χ1v) is 6.56. The number of nitrogens with zero attached hydrogens (tertiary/aromatic N) is 2. The largest absolute Gasteiger partial charge is 0.395 e. The summed E-state index contributed by atoms with van der Waals surface area (Å²) in [5.41, 5.74) is 8.22. The summed E-state index contributed by atoms with van der Waals surface area (Å²) in [6.45, 7) is 2.52. The Morgan fingerprint density at radius 3 is 2.65 bits per heavy atom. The van der Waals surface area contributed by atoms with E-state index in [1.807, 2.05) is 6.20 Å². The predicted octanol–water partition coefficient (Wildman–Crippen LogP) is 0.969. The first-order valence-electron chi connectivity index (χ1n) is 6.56. The van der Waals surface area contributed by atoms with Crippen molar-refractivity contribution >= 4 is 0 Å². The van der Waals surface area contributed by atoms with Crippen LogP contribution in [0.2, 0.25) is 0 Å². The van der Waals surface area contributed by atoms with E-state index in [1.165, 1.54) is 12.1 Å². The van der Waals surface area contributed by atoms with Gasteiger partial charge in [0.15, 0.2) is 0 Å². The summed E-state index contributed by atoms with van der Waals surface area (Å²) in [5.74, 6) is -0.268. The molecule has 0 aliphatic heterocycles. The molecule has 1 heterocycles. The zero-order valence-corrected chi connectivity index (χ0v) is 11.2. The van der Waals surface area contributed by atoms with Gasteiger partial charge in [-0.05, 0) is 24.3 Å². The van der Waals surface area contributed by atoms with Gasteiger partial charge >= 0.3 is 0 Å². The van der Waals surface area contributed by atoms with Gasteiger partial charge in [-0.15, -0.1) is 0 Å². The van der Waals surface area contributed by atoms with E-state index >= 15 is 0 Å². The van der Waals surface area contributed by atoms with Gasteiger partial charge in [0.25, 0.3) is 0 Å². The lowest BCUT2D eigenvalue weighted by molar-refractivity contribution is 0.194. The molecule has 0 fully saturated rings. The van der Waals surface area contributed by atoms with Crippen LogP contribution in [0.4, 0.5) is 4.39 Å². The van der Waals surface area contributed by atoms with Crippen LogP contribution in [0.25, 0.3) is 11.3 Å². The SMILES string of the molecule is NCCN(CCO)Cc1c[nH]nc1-c1ccc(F)cc1. The maximum Gasteiger partial charge on any atom is 0.123 e. The van der Waals surface area contributed by atoms with Crippen LogP contribution in [0.5, 0.6) is 0 Å². The molecule has 0 saturated carbocycles. The number of halogens is 1. The third-order valence-electron chi connectivity index (χ3n) is 3.09. The Hall–Kier alpha value is -1.76. The molecule has 0 spiro atoms. The van der Waals surface area contributed by atoms with Crippen molar-refractivity contribution in [2.45, 2.75) is 6.54 Å². The van der Waals surface area contributed by atoms with Gasteiger partial charge in [-0.25, -0.2) is 4.39 Å². The monoisotopic (exact) mass is 278 g/mol. The molecule has 2 rings (SSSR count). The number of nitrogens with two attached hydrogens (primary N) is 1. The third-order valence-corrected chi connectivity index (χ3v) is 3.09. The van der Waals surface area contributed by atoms with Crippen LogP contribution >= 0.6 is 0 Å². The van der Waals surface area contributed by atoms with E-state index in [9.17, 15) is 4.39 Å². The molecule has 5 nitrogen and oxygen atoms in total. The van der Waals surface area contributed by atoms with Gasteiger partial charge in [0.05, 0.1) is 12.3 Å². The van der Waals surface area contributed by atoms with Crippen LogP contribution in [-0.4, -0.2) is 46.4 Å². The summed E-state index contributed by atoms with van der Waals surface area (Å²) in [6.07, 6.45) is 1.82. The summed E-state index contributed by atoms with van der Waals surface area (Å²) < 4.78 is 13.0. The van der Waals surface area contributed by atoms with Crippen LogP contribution < -0.4 is 5.73 Å². The Morgan fingerprint density at radius 2 is 2.00 bits per heavy atom. The first kappa shape index (κ1) is 14.6. The molecule has 0 aliphatic carbocycles. The minimum atomic E-state index is -0.268. The highest BCUT2D eigenvalue weighted by Gasteiger charge is 2.12. The predicted molar refractivity (Wildman–Crippen MR) is 75.4 cm³/mol. The Labute approximate surface area is 117 Å². The van der Waals surface area contributed by atoms with Gasteiger partial charge in [-0.2, -0.15) is 5.10 Å². The van der Waals surface area contributed by atoms with E-state index in [0.717, 1.165) is 16.8 Å². The number of nitrogens with one attached hydrogen (secondary N) is 1. The van der Waals surface area contributed by atoms with Crippen molar-refractivity contribution in [3.8, 4) is 11.3 Å². The lowest BCUT2D eigenvalue weighted by atomic mass is 10.1. The van der Waals surface area contributed by atoms with E-state index in [1.54, 1.807) is 12.1 Å². The molecular formula is C14H19FN4O. The molecule has 0 radical (unpaired) electrons. The fraction of sp³-hybridized carbons (Fsp3) is 0.357. The molecule has 20 heavy (non-hydrogen) atoms. The van der Waals surface area contributed by atoms with E-state index in [4.69, 9.17) is 10.8 Å². The lowest BCUT2D eigenvalue weighted by Gasteiger charge is -2.20. The van der Waals surface area contributed by atoms with Gasteiger partial charge in [-0.1, -0.05) is 0 Å². The second kappa shape index (κ2) is 7.14. The Balaban J connectivity index is 2.17. The third kappa shape index (κ3) is 3.63. The highest BCUT2D eigenvalue weighted by Crippen LogP contribution is 2.22. The van der Waals surface area contributed by atoms with Crippen molar-refractivity contribution in [3.05, 3.63) is 41.8 Å².